The Hall–Kier alpha value is -1.57. The van der Waals surface area contributed by atoms with Crippen molar-refractivity contribution >= 4 is 55.5 Å². The monoisotopic (exact) mass is 664 g/mol. The number of nitrogens with one attached hydrogen (secondary N) is 2. The van der Waals surface area contributed by atoms with Gasteiger partial charge in [-0.2, -0.15) is 5.01 Å². The number of allylic oxidation sites excluding steroid dienone is 2. The zero-order valence-electron chi connectivity index (χ0n) is 22.3. The molecular weight excluding hydrogens is 647 g/mol. The van der Waals surface area contributed by atoms with Gasteiger partial charge in [0.15, 0.2) is 5.84 Å². The third-order valence-corrected chi connectivity index (χ3v) is 7.11. The molecule has 208 valence electrons. The molecule has 4 N–H and O–H groups in total. The number of anilines is 2. The summed E-state index contributed by atoms with van der Waals surface area (Å²) in [6.07, 6.45) is 3.85. The maximum absolute atomic E-state index is 13.1. The first-order chi connectivity index (χ1) is 18.7. The van der Waals surface area contributed by atoms with Crippen LogP contribution in [0.4, 0.5) is 11.5 Å². The zero-order valence-corrected chi connectivity index (χ0v) is 30.1. The van der Waals surface area contributed by atoms with Crippen LogP contribution in [0.1, 0.15) is 12.5 Å². The van der Waals surface area contributed by atoms with Crippen LogP contribution >= 0.6 is 0 Å². The smallest absolute Gasteiger partial charge is 0.744 e. The molecule has 0 saturated heterocycles. The number of nitrogen functional groups attached to an aromatic ring is 1. The van der Waals surface area contributed by atoms with Crippen molar-refractivity contribution < 1.29 is 138 Å². The van der Waals surface area contributed by atoms with Gasteiger partial charge in [-0.15, -0.1) is 5.10 Å². The van der Waals surface area contributed by atoms with Gasteiger partial charge in [0.05, 0.1) is 32.3 Å². The standard InChI is InChI=1S/C23H20N6O9S2.2K/c1-13(30)25-21-19(23(32)29(27-21)15-7-11-17(12-8-15)40(36,37)38)4-2-3-18-20(24)26-28(22(18)31)14-5-9-16(10-6-14)39(33,34)35;;/h2-12,26H,24H2,1H3,(H,25,27,30)(H,33,34,35)(H,36,37,38);;/q;2*+1/p-2/b3-2?,19-4-;;. The number of hydrazone groups is 1. The van der Waals surface area contributed by atoms with Gasteiger partial charge in [-0.25, -0.2) is 21.5 Å². The second-order valence-electron chi connectivity index (χ2n) is 8.16. The summed E-state index contributed by atoms with van der Waals surface area (Å²) in [6, 6.07) is 8.94. The van der Waals surface area contributed by atoms with Gasteiger partial charge in [-0.05, 0) is 60.7 Å². The molecular formula is C23H18K2N6O9S2. The molecule has 15 nitrogen and oxygen atoms in total. The van der Waals surface area contributed by atoms with E-state index in [1.165, 1.54) is 49.4 Å². The average Bonchev–Trinajstić information content (AvgIpc) is 3.33. The van der Waals surface area contributed by atoms with Crippen LogP contribution in [0, 0.1) is 0 Å². The number of rotatable bonds is 6. The Morgan fingerprint density at radius 3 is 1.90 bits per heavy atom. The molecule has 0 spiro atoms. The summed E-state index contributed by atoms with van der Waals surface area (Å²) in [5.74, 6) is -1.44. The van der Waals surface area contributed by atoms with E-state index in [4.69, 9.17) is 5.73 Å². The largest absolute Gasteiger partial charge is 1.00 e. The second-order valence-corrected chi connectivity index (χ2v) is 10.9. The summed E-state index contributed by atoms with van der Waals surface area (Å²) in [5, 5.41) is 9.97. The molecule has 1 aliphatic rings. The van der Waals surface area contributed by atoms with E-state index in [1.807, 2.05) is 0 Å². The number of hydrogen-bond acceptors (Lipinski definition) is 11. The summed E-state index contributed by atoms with van der Waals surface area (Å²) >= 11 is 0. The van der Waals surface area contributed by atoms with Crippen LogP contribution in [0.25, 0.3) is 11.8 Å². The predicted molar refractivity (Wildman–Crippen MR) is 139 cm³/mol. The number of carbonyl (C=O) groups is 2. The Balaban J connectivity index is 0.00000308. The number of aromatic nitrogens is 2. The van der Waals surface area contributed by atoms with E-state index >= 15 is 0 Å². The van der Waals surface area contributed by atoms with E-state index in [0.717, 1.165) is 34.0 Å². The molecule has 2 aromatic carbocycles. The first kappa shape index (κ1) is 36.6. The van der Waals surface area contributed by atoms with Crippen molar-refractivity contribution in [1.29, 1.82) is 0 Å². The number of amides is 2. The van der Waals surface area contributed by atoms with Crippen molar-refractivity contribution in [3.05, 3.63) is 82.2 Å². The van der Waals surface area contributed by atoms with Gasteiger partial charge in [-0.1, -0.05) is 6.08 Å². The van der Waals surface area contributed by atoms with Crippen LogP contribution in [0.15, 0.2) is 85.9 Å². The van der Waals surface area contributed by atoms with Gasteiger partial charge in [-0.3, -0.25) is 19.5 Å². The number of benzene rings is 2. The SMILES string of the molecule is CC(=O)NC1=NN(c2ccc(S(=O)(=O)[O-])cc2)C(=O)/C1=C\C=Cc1c(N)[nH]n(-c2ccc(S(=O)(=O)[O-])cc2)c1=O.[K+].[K+]. The predicted octanol–water partition coefficient (Wildman–Crippen LogP) is -6.00. The van der Waals surface area contributed by atoms with E-state index in [-0.39, 0.29) is 137 Å². The Morgan fingerprint density at radius 1 is 0.929 bits per heavy atom. The third kappa shape index (κ3) is 8.32. The summed E-state index contributed by atoms with van der Waals surface area (Å²) in [7, 11) is -9.38. The summed E-state index contributed by atoms with van der Waals surface area (Å²) in [4.78, 5) is 36.6. The fourth-order valence-electron chi connectivity index (χ4n) is 3.57. The van der Waals surface area contributed by atoms with Crippen LogP contribution < -0.4 is 124 Å². The van der Waals surface area contributed by atoms with Crippen molar-refractivity contribution in [2.45, 2.75) is 16.7 Å². The fraction of sp³-hybridized carbons (Fsp3) is 0.0435. The average molecular weight is 665 g/mol. The molecule has 2 amide bonds. The number of carbonyl (C=O) groups excluding carboxylic acids is 2. The maximum Gasteiger partial charge on any atom is 1.00 e. The Morgan fingerprint density at radius 2 is 1.43 bits per heavy atom. The molecule has 0 bridgehead atoms. The van der Waals surface area contributed by atoms with E-state index < -0.39 is 47.4 Å². The van der Waals surface area contributed by atoms with Crippen molar-refractivity contribution in [3.8, 4) is 5.69 Å². The Labute approximate surface area is 324 Å². The van der Waals surface area contributed by atoms with Gasteiger partial charge in [0, 0.05) is 6.92 Å². The minimum atomic E-state index is -4.71. The van der Waals surface area contributed by atoms with Crippen LogP contribution in [0.2, 0.25) is 0 Å². The number of aromatic amines is 1. The first-order valence-electron chi connectivity index (χ1n) is 11.0. The molecule has 4 rings (SSSR count). The maximum atomic E-state index is 13.1. The van der Waals surface area contributed by atoms with Crippen LogP contribution in [-0.4, -0.2) is 53.4 Å². The minimum Gasteiger partial charge on any atom is -0.744 e. The molecule has 1 aliphatic heterocycles. The molecule has 2 heterocycles. The summed E-state index contributed by atoms with van der Waals surface area (Å²) in [6.45, 7) is 1.19. The topological polar surface area (TPSA) is 240 Å². The normalized spacial score (nSPS) is 14.5. The summed E-state index contributed by atoms with van der Waals surface area (Å²) < 4.78 is 67.9. The van der Waals surface area contributed by atoms with Crippen LogP contribution in [0.3, 0.4) is 0 Å². The zero-order chi connectivity index (χ0) is 29.4. The Bertz CT molecular complexity index is 1900. The molecule has 0 unspecified atom stereocenters. The number of H-pyrrole nitrogens is 1. The third-order valence-electron chi connectivity index (χ3n) is 5.41. The number of nitrogens with two attached hydrogens (primary N) is 1. The van der Waals surface area contributed by atoms with Crippen molar-refractivity contribution in [1.82, 2.24) is 15.1 Å². The summed E-state index contributed by atoms with van der Waals surface area (Å²) in [5.41, 5.74) is 5.49. The fourth-order valence-corrected chi connectivity index (χ4v) is 4.50. The first-order valence-corrected chi connectivity index (χ1v) is 13.8. The van der Waals surface area contributed by atoms with Crippen LogP contribution in [-0.2, 0) is 29.8 Å². The van der Waals surface area contributed by atoms with Gasteiger partial charge in [0.1, 0.15) is 26.1 Å². The quantitative estimate of drug-likeness (QED) is 0.128. The number of nitrogens with zero attached hydrogens (tertiary/aromatic N) is 3. The van der Waals surface area contributed by atoms with E-state index in [0.29, 0.717) is 0 Å². The minimum absolute atomic E-state index is 0. The van der Waals surface area contributed by atoms with E-state index in [9.17, 15) is 40.3 Å². The van der Waals surface area contributed by atoms with Gasteiger partial charge < -0.3 is 20.2 Å². The van der Waals surface area contributed by atoms with Crippen molar-refractivity contribution in [3.63, 3.8) is 0 Å². The molecule has 0 fully saturated rings. The van der Waals surface area contributed by atoms with Crippen molar-refractivity contribution in [2.75, 3.05) is 10.7 Å². The van der Waals surface area contributed by atoms with E-state index in [2.05, 4.69) is 15.5 Å². The molecule has 0 radical (unpaired) electrons. The molecule has 3 aromatic rings. The van der Waals surface area contributed by atoms with Crippen LogP contribution in [0.5, 0.6) is 0 Å². The second kappa shape index (κ2) is 14.5. The molecule has 0 saturated carbocycles. The van der Waals surface area contributed by atoms with Gasteiger partial charge >= 0.3 is 103 Å². The number of amidine groups is 1. The van der Waals surface area contributed by atoms with E-state index in [1.54, 1.807) is 0 Å². The van der Waals surface area contributed by atoms with Gasteiger partial charge in [0.2, 0.25) is 5.91 Å². The Kier molecular flexibility index (Phi) is 12.6. The van der Waals surface area contributed by atoms with Gasteiger partial charge in [0.25, 0.3) is 11.5 Å². The molecule has 19 heteroatoms. The molecule has 1 aromatic heterocycles. The number of hydrogen-bond donors (Lipinski definition) is 3. The molecule has 42 heavy (non-hydrogen) atoms. The molecule has 0 aliphatic carbocycles. The van der Waals surface area contributed by atoms with Crippen molar-refractivity contribution in [2.24, 2.45) is 5.10 Å². The molecule has 0 atom stereocenters.